The Hall–Kier alpha value is -7.28. The van der Waals surface area contributed by atoms with Crippen LogP contribution in [-0.2, 0) is 115 Å². The van der Waals surface area contributed by atoms with Crippen LogP contribution in [0.15, 0.2) is 211 Å². The Morgan fingerprint density at radius 1 is 0.432 bits per heavy atom. The summed E-state index contributed by atoms with van der Waals surface area (Å²) >= 11 is 1.55. The SMILES string of the molecule is Cn1c(-c2nc3ccccc3[n-]2)nc2ccccc21.Cn1ccnc1-c1nc2ccccc2[n-]1.O=c1cc[n-]c(-c2ccccn2)c1.[Ir].[Ir].[Ir].[Ir].[Ir].c1ccc2[n-]c(-c3cscn3)nc2c1.c1cnc(-c2nc3ccccc3[n-]2)nc1. The van der Waals surface area contributed by atoms with E-state index in [1.165, 1.54) is 18.3 Å². The van der Waals surface area contributed by atoms with Crippen LogP contribution in [0, 0.1) is 0 Å². The molecule has 0 atom stereocenters. The molecule has 10 heterocycles. The van der Waals surface area contributed by atoms with Gasteiger partial charge in [0.15, 0.2) is 11.3 Å². The molecule has 0 saturated heterocycles. The maximum atomic E-state index is 11.0. The molecule has 0 amide bonds. The molecular formula is C57H40Ir5N17OS-5. The summed E-state index contributed by atoms with van der Waals surface area (Å²) in [7, 11) is 3.93. The molecule has 0 spiro atoms. The van der Waals surface area contributed by atoms with Gasteiger partial charge in [-0.1, -0.05) is 115 Å². The van der Waals surface area contributed by atoms with Crippen molar-refractivity contribution in [3.8, 4) is 57.9 Å². The van der Waals surface area contributed by atoms with Gasteiger partial charge in [0.1, 0.15) is 11.6 Å². The fourth-order valence-electron chi connectivity index (χ4n) is 7.77. The Bertz CT molecular complexity index is 4270. The largest absolute Gasteiger partial charge is 0.662 e. The van der Waals surface area contributed by atoms with Gasteiger partial charge in [-0.05, 0) is 110 Å². The fraction of sp³-hybridized carbons (Fsp3) is 0.0351. The standard InChI is InChI=1S/C15H11N4.C11H9N4.C11H7N4.C10H6N3S.C10H8N2O.5Ir/c1-19-13-9-5-4-8-12(13)18-15(19)14-16-10-6-2-3-7-11(10)17-14;1-15-7-6-12-11(15)10-13-8-4-2-3-5-9(8)14-10;1-2-5-9-8(4-1)14-11(15-9)10-12-6-3-7-13-10;1-2-4-8-7(3-1)12-10(13-8)9-5-14-6-11-9;13-8-4-6-12-10(7-8)9-3-1-2-5-11-9;;;;;/h2-9H,1H3;2-7H,1H3;1-7H;1-6H;1-7H,(H,12,13);;;;;/q4*-1;;;;;;/p-1. The van der Waals surface area contributed by atoms with Gasteiger partial charge >= 0.3 is 0 Å². The molecule has 5 aromatic carbocycles. The number of fused-ring (bicyclic) bond motifs is 5. The third kappa shape index (κ3) is 15.2. The molecule has 24 heteroatoms. The van der Waals surface area contributed by atoms with Crippen LogP contribution in [0.25, 0.3) is 113 Å². The number of benzene rings is 5. The average molecular weight is 1970 g/mol. The Balaban J connectivity index is 0.000000162. The van der Waals surface area contributed by atoms with Crippen molar-refractivity contribution >= 4 is 66.5 Å². The first-order valence-electron chi connectivity index (χ1n) is 23.6. The third-order valence-corrected chi connectivity index (χ3v) is 12.0. The van der Waals surface area contributed by atoms with Crippen LogP contribution >= 0.6 is 11.3 Å². The summed E-state index contributed by atoms with van der Waals surface area (Å²) in [5.74, 6) is 4.82. The zero-order valence-electron chi connectivity index (χ0n) is 42.2. The third-order valence-electron chi connectivity index (χ3n) is 11.4. The molecule has 0 N–H and O–H groups in total. The van der Waals surface area contributed by atoms with E-state index in [4.69, 9.17) is 0 Å². The van der Waals surface area contributed by atoms with Crippen LogP contribution in [0.4, 0.5) is 0 Å². The molecule has 0 aliphatic rings. The quantitative estimate of drug-likeness (QED) is 0.156. The molecule has 415 valence electrons. The second-order valence-electron chi connectivity index (χ2n) is 16.5. The maximum absolute atomic E-state index is 11.0. The number of thiazole rings is 1. The number of rotatable bonds is 5. The number of pyridine rings is 2. The second-order valence-corrected chi connectivity index (χ2v) is 17.2. The summed E-state index contributed by atoms with van der Waals surface area (Å²) in [5, 5.41) is 1.95. The first-order valence-corrected chi connectivity index (χ1v) is 24.5. The van der Waals surface area contributed by atoms with Crippen molar-refractivity contribution in [2.45, 2.75) is 0 Å². The number of aryl methyl sites for hydroxylation is 2. The molecular weight excluding hydrogens is 1930 g/mol. The van der Waals surface area contributed by atoms with Gasteiger partial charge in [-0.15, -0.1) is 17.0 Å². The molecule has 18 nitrogen and oxygen atoms in total. The van der Waals surface area contributed by atoms with Gasteiger partial charge in [-0.25, -0.2) is 24.9 Å². The summed E-state index contributed by atoms with van der Waals surface area (Å²) in [4.78, 5) is 75.8. The minimum absolute atomic E-state index is 0. The first-order chi connectivity index (χ1) is 37.4. The normalized spacial score (nSPS) is 10.1. The molecule has 0 saturated carbocycles. The minimum atomic E-state index is -0.0457. The van der Waals surface area contributed by atoms with Gasteiger partial charge in [0, 0.05) is 157 Å². The van der Waals surface area contributed by atoms with Crippen molar-refractivity contribution in [3.63, 3.8) is 0 Å². The van der Waals surface area contributed by atoms with E-state index >= 15 is 0 Å². The van der Waals surface area contributed by atoms with Gasteiger partial charge in [0.05, 0.1) is 22.2 Å². The zero-order chi connectivity index (χ0) is 51.6. The van der Waals surface area contributed by atoms with E-state index < -0.39 is 0 Å². The Morgan fingerprint density at radius 2 is 0.926 bits per heavy atom. The molecule has 0 fully saturated rings. The summed E-state index contributed by atoms with van der Waals surface area (Å²) < 4.78 is 3.94. The summed E-state index contributed by atoms with van der Waals surface area (Å²) in [6.07, 6.45) is 10.2. The predicted molar refractivity (Wildman–Crippen MR) is 294 cm³/mol. The second kappa shape index (κ2) is 30.0. The summed E-state index contributed by atoms with van der Waals surface area (Å²) in [6, 6.07) is 49.5. The minimum Gasteiger partial charge on any atom is -0.662 e. The van der Waals surface area contributed by atoms with Crippen LogP contribution < -0.4 is 30.3 Å². The number of imidazole rings is 6. The Labute approximate surface area is 533 Å². The van der Waals surface area contributed by atoms with Crippen molar-refractivity contribution in [2.75, 3.05) is 0 Å². The van der Waals surface area contributed by atoms with Crippen molar-refractivity contribution in [1.82, 2.24) is 83.9 Å². The number of hydrogen-bond donors (Lipinski definition) is 0. The smallest absolute Gasteiger partial charge is 0.175 e. The van der Waals surface area contributed by atoms with E-state index in [1.807, 2.05) is 168 Å². The van der Waals surface area contributed by atoms with Crippen molar-refractivity contribution in [3.05, 3.63) is 216 Å². The zero-order valence-corrected chi connectivity index (χ0v) is 55.0. The summed E-state index contributed by atoms with van der Waals surface area (Å²) in [5.41, 5.74) is 13.2. The van der Waals surface area contributed by atoms with Crippen LogP contribution in [0.3, 0.4) is 0 Å². The Kier molecular flexibility index (Phi) is 23.3. The predicted octanol–water partition coefficient (Wildman–Crippen LogP) is 9.36. The Morgan fingerprint density at radius 3 is 1.43 bits per heavy atom. The molecule has 0 unspecified atom stereocenters. The van der Waals surface area contributed by atoms with Crippen molar-refractivity contribution < 1.29 is 101 Å². The molecule has 0 aliphatic heterocycles. The van der Waals surface area contributed by atoms with Crippen molar-refractivity contribution in [1.29, 1.82) is 0 Å². The van der Waals surface area contributed by atoms with Crippen LogP contribution in [0.2, 0.25) is 0 Å². The van der Waals surface area contributed by atoms with Gasteiger partial charge in [0.25, 0.3) is 0 Å². The van der Waals surface area contributed by atoms with Crippen LogP contribution in [0.1, 0.15) is 0 Å². The molecule has 10 aromatic heterocycles. The van der Waals surface area contributed by atoms with E-state index in [9.17, 15) is 4.79 Å². The number of nitrogens with zero attached hydrogens (tertiary/aromatic N) is 17. The molecule has 0 bridgehead atoms. The van der Waals surface area contributed by atoms with Gasteiger partial charge in [0.2, 0.25) is 0 Å². The van der Waals surface area contributed by atoms with Crippen LogP contribution in [-0.4, -0.2) is 59.0 Å². The number of para-hydroxylation sites is 10. The van der Waals surface area contributed by atoms with Crippen molar-refractivity contribution in [2.24, 2.45) is 14.1 Å². The van der Waals surface area contributed by atoms with Crippen LogP contribution in [0.5, 0.6) is 0 Å². The topological polar surface area (TPSA) is 226 Å². The monoisotopic (exact) mass is 1980 g/mol. The van der Waals surface area contributed by atoms with Gasteiger partial charge < -0.3 is 54.0 Å². The summed E-state index contributed by atoms with van der Waals surface area (Å²) in [6.45, 7) is 0. The van der Waals surface area contributed by atoms with E-state index in [1.54, 1.807) is 47.7 Å². The van der Waals surface area contributed by atoms with E-state index in [-0.39, 0.29) is 106 Å². The maximum Gasteiger partial charge on any atom is 0.175 e. The van der Waals surface area contributed by atoms with E-state index in [0.717, 1.165) is 78.2 Å². The molecule has 0 aliphatic carbocycles. The number of hydrogen-bond acceptors (Lipinski definition) is 12. The first kappa shape index (κ1) is 62.9. The molecule has 15 aromatic rings. The molecule has 5 radical (unpaired) electrons. The van der Waals surface area contributed by atoms with E-state index in [0.29, 0.717) is 34.8 Å². The van der Waals surface area contributed by atoms with E-state index in [2.05, 4.69) is 80.8 Å². The molecule has 15 rings (SSSR count). The molecule has 81 heavy (non-hydrogen) atoms. The van der Waals surface area contributed by atoms with Gasteiger partial charge in [-0.2, -0.15) is 6.20 Å². The fourth-order valence-corrected chi connectivity index (χ4v) is 8.30. The number of aromatic nitrogens is 17. The van der Waals surface area contributed by atoms with Gasteiger partial charge in [-0.3, -0.25) is 9.78 Å². The average Bonchev–Trinajstić information content (AvgIpc) is 4.38.